The van der Waals surface area contributed by atoms with Gasteiger partial charge in [-0.15, -0.1) is 0 Å². The number of fused-ring (bicyclic) bond motifs is 1. The Hall–Kier alpha value is -3.78. The fourth-order valence-electron chi connectivity index (χ4n) is 4.69. The Morgan fingerprint density at radius 3 is 2.20 bits per heavy atom. The number of imidazole rings is 1. The van der Waals surface area contributed by atoms with Crippen LogP contribution in [0.3, 0.4) is 0 Å². The normalized spacial score (nSPS) is 14.5. The van der Waals surface area contributed by atoms with Crippen LogP contribution in [0.25, 0.3) is 11.0 Å². The molecule has 5 rings (SSSR count). The number of H-pyrrole nitrogens is 1. The van der Waals surface area contributed by atoms with Gasteiger partial charge in [0.25, 0.3) is 0 Å². The molecule has 180 valence electrons. The van der Waals surface area contributed by atoms with Crippen molar-refractivity contribution in [3.63, 3.8) is 0 Å². The number of para-hydroxylation sites is 2. The molecule has 1 aliphatic rings. The number of aromatic amines is 1. The first-order valence-corrected chi connectivity index (χ1v) is 12.1. The first kappa shape index (κ1) is 23.0. The number of rotatable bonds is 6. The molecular formula is C27H31N7O. The Kier molecular flexibility index (Phi) is 6.72. The van der Waals surface area contributed by atoms with Gasteiger partial charge in [0.1, 0.15) is 0 Å². The van der Waals surface area contributed by atoms with Crippen molar-refractivity contribution in [2.75, 3.05) is 18.4 Å². The molecule has 0 aliphatic carbocycles. The molecule has 1 saturated heterocycles. The number of nitrogens with zero attached hydrogens (tertiary/aromatic N) is 5. The molecule has 0 saturated carbocycles. The first-order valence-electron chi connectivity index (χ1n) is 12.1. The Morgan fingerprint density at radius 2 is 1.60 bits per heavy atom. The topological polar surface area (TPSA) is 90.0 Å². The van der Waals surface area contributed by atoms with Gasteiger partial charge in [0.2, 0.25) is 5.95 Å². The summed E-state index contributed by atoms with van der Waals surface area (Å²) in [5, 5.41) is 2.93. The molecule has 2 amide bonds. The van der Waals surface area contributed by atoms with Gasteiger partial charge < -0.3 is 9.88 Å². The van der Waals surface area contributed by atoms with Crippen LogP contribution in [0.4, 0.5) is 10.7 Å². The first-order chi connectivity index (χ1) is 17.1. The molecule has 0 unspecified atom stereocenters. The number of amides is 2. The number of hydrogen-bond acceptors (Lipinski definition) is 5. The number of hydrogen-bond donors (Lipinski definition) is 2. The SMILES string of the molecule is Cc1cccnc1CN(Cc1ncccc1C)C1CCN(C(=O)Nc2nc3ccccc3[nH]2)CC1. The summed E-state index contributed by atoms with van der Waals surface area (Å²) >= 11 is 0. The highest BCUT2D eigenvalue weighted by Crippen LogP contribution is 2.23. The molecule has 4 heterocycles. The second-order valence-electron chi connectivity index (χ2n) is 9.19. The molecule has 1 aromatic carbocycles. The van der Waals surface area contributed by atoms with Crippen molar-refractivity contribution in [2.24, 2.45) is 0 Å². The lowest BCUT2D eigenvalue weighted by Crippen LogP contribution is -2.47. The summed E-state index contributed by atoms with van der Waals surface area (Å²) in [4.78, 5) is 34.2. The van der Waals surface area contributed by atoms with Crippen LogP contribution in [0.15, 0.2) is 60.9 Å². The Labute approximate surface area is 205 Å². The maximum atomic E-state index is 12.9. The van der Waals surface area contributed by atoms with Gasteiger partial charge in [-0.25, -0.2) is 9.78 Å². The largest absolute Gasteiger partial charge is 0.324 e. The van der Waals surface area contributed by atoms with Gasteiger partial charge >= 0.3 is 6.03 Å². The molecule has 0 radical (unpaired) electrons. The van der Waals surface area contributed by atoms with Crippen LogP contribution in [0.1, 0.15) is 35.4 Å². The van der Waals surface area contributed by atoms with Crippen LogP contribution >= 0.6 is 0 Å². The highest BCUT2D eigenvalue weighted by Gasteiger charge is 2.28. The van der Waals surface area contributed by atoms with Gasteiger partial charge in [-0.05, 0) is 62.1 Å². The highest BCUT2D eigenvalue weighted by molar-refractivity contribution is 5.89. The predicted molar refractivity (Wildman–Crippen MR) is 137 cm³/mol. The molecule has 8 nitrogen and oxygen atoms in total. The fraction of sp³-hybridized carbons (Fsp3) is 0.333. The van der Waals surface area contributed by atoms with Crippen molar-refractivity contribution in [3.8, 4) is 0 Å². The summed E-state index contributed by atoms with van der Waals surface area (Å²) < 4.78 is 0. The number of benzene rings is 1. The average molecular weight is 470 g/mol. The number of aryl methyl sites for hydroxylation is 2. The second kappa shape index (κ2) is 10.2. The lowest BCUT2D eigenvalue weighted by atomic mass is 10.0. The third-order valence-electron chi connectivity index (χ3n) is 6.82. The minimum Gasteiger partial charge on any atom is -0.324 e. The van der Waals surface area contributed by atoms with E-state index in [0.717, 1.165) is 48.4 Å². The van der Waals surface area contributed by atoms with Crippen molar-refractivity contribution in [1.29, 1.82) is 0 Å². The number of urea groups is 1. The van der Waals surface area contributed by atoms with Crippen LogP contribution in [-0.4, -0.2) is 54.9 Å². The van der Waals surface area contributed by atoms with Crippen LogP contribution in [0, 0.1) is 13.8 Å². The lowest BCUT2D eigenvalue weighted by molar-refractivity contribution is 0.107. The zero-order chi connectivity index (χ0) is 24.2. The standard InChI is InChI=1S/C27H31N7O/c1-19-7-5-13-28-24(19)17-34(18-25-20(2)8-6-14-29-25)21-11-15-33(16-12-21)27(35)32-26-30-22-9-3-4-10-23(22)31-26/h3-10,13-14,21H,11-12,15-18H2,1-2H3,(H2,30,31,32,35). The van der Waals surface area contributed by atoms with Gasteiger partial charge in [0, 0.05) is 44.6 Å². The molecule has 1 aliphatic heterocycles. The highest BCUT2D eigenvalue weighted by atomic mass is 16.2. The van der Waals surface area contributed by atoms with Crippen molar-refractivity contribution < 1.29 is 4.79 Å². The van der Waals surface area contributed by atoms with E-state index in [2.05, 4.69) is 56.1 Å². The van der Waals surface area contributed by atoms with E-state index in [0.29, 0.717) is 25.1 Å². The summed E-state index contributed by atoms with van der Waals surface area (Å²) in [6.07, 6.45) is 5.51. The fourth-order valence-corrected chi connectivity index (χ4v) is 4.69. The van der Waals surface area contributed by atoms with E-state index < -0.39 is 0 Å². The van der Waals surface area contributed by atoms with E-state index in [1.165, 1.54) is 11.1 Å². The van der Waals surface area contributed by atoms with E-state index in [-0.39, 0.29) is 6.03 Å². The van der Waals surface area contributed by atoms with E-state index in [1.807, 2.05) is 53.7 Å². The molecule has 0 bridgehead atoms. The monoisotopic (exact) mass is 469 g/mol. The number of nitrogens with one attached hydrogen (secondary N) is 2. The van der Waals surface area contributed by atoms with Crippen LogP contribution in [0.5, 0.6) is 0 Å². The average Bonchev–Trinajstić information content (AvgIpc) is 3.28. The predicted octanol–water partition coefficient (Wildman–Crippen LogP) is 4.67. The number of carbonyl (C=O) groups is 1. The molecule has 2 N–H and O–H groups in total. The molecule has 4 aromatic rings. The lowest BCUT2D eigenvalue weighted by Gasteiger charge is -2.38. The van der Waals surface area contributed by atoms with Crippen LogP contribution in [0.2, 0.25) is 0 Å². The molecule has 1 fully saturated rings. The second-order valence-corrected chi connectivity index (χ2v) is 9.19. The number of likely N-dealkylation sites (tertiary alicyclic amines) is 1. The summed E-state index contributed by atoms with van der Waals surface area (Å²) in [6.45, 7) is 7.12. The van der Waals surface area contributed by atoms with Crippen LogP contribution < -0.4 is 5.32 Å². The Bertz CT molecular complexity index is 1230. The van der Waals surface area contributed by atoms with Gasteiger partial charge in [-0.1, -0.05) is 24.3 Å². The van der Waals surface area contributed by atoms with E-state index in [9.17, 15) is 4.79 Å². The Morgan fingerprint density at radius 1 is 0.971 bits per heavy atom. The summed E-state index contributed by atoms with van der Waals surface area (Å²) in [5.41, 5.74) is 6.31. The number of piperidine rings is 1. The summed E-state index contributed by atoms with van der Waals surface area (Å²) in [7, 11) is 0. The quantitative estimate of drug-likeness (QED) is 0.428. The molecule has 0 spiro atoms. The maximum absolute atomic E-state index is 12.9. The minimum atomic E-state index is -0.116. The molecule has 3 aromatic heterocycles. The van der Waals surface area contributed by atoms with Crippen molar-refractivity contribution in [3.05, 3.63) is 83.4 Å². The minimum absolute atomic E-state index is 0.116. The van der Waals surface area contributed by atoms with Gasteiger partial charge in [-0.3, -0.25) is 20.2 Å². The van der Waals surface area contributed by atoms with Crippen LogP contribution in [-0.2, 0) is 13.1 Å². The van der Waals surface area contributed by atoms with E-state index >= 15 is 0 Å². The van der Waals surface area contributed by atoms with Crippen molar-refractivity contribution in [2.45, 2.75) is 45.8 Å². The van der Waals surface area contributed by atoms with E-state index in [1.54, 1.807) is 0 Å². The smallest absolute Gasteiger partial charge is 0.324 e. The molecule has 8 heteroatoms. The third kappa shape index (κ3) is 5.33. The molecular weight excluding hydrogens is 438 g/mol. The van der Waals surface area contributed by atoms with Gasteiger partial charge in [0.05, 0.1) is 22.4 Å². The number of carbonyl (C=O) groups excluding carboxylic acids is 1. The number of aromatic nitrogens is 4. The summed E-state index contributed by atoms with van der Waals surface area (Å²) in [6, 6.07) is 16.2. The maximum Gasteiger partial charge on any atom is 0.324 e. The number of anilines is 1. The molecule has 35 heavy (non-hydrogen) atoms. The molecule has 0 atom stereocenters. The van der Waals surface area contributed by atoms with E-state index in [4.69, 9.17) is 0 Å². The van der Waals surface area contributed by atoms with Crippen molar-refractivity contribution in [1.82, 2.24) is 29.7 Å². The van der Waals surface area contributed by atoms with Crippen molar-refractivity contribution >= 4 is 23.0 Å². The summed E-state index contributed by atoms with van der Waals surface area (Å²) in [5.74, 6) is 0.483. The zero-order valence-electron chi connectivity index (χ0n) is 20.2. The Balaban J connectivity index is 1.26. The number of pyridine rings is 2. The zero-order valence-corrected chi connectivity index (χ0v) is 20.2. The van der Waals surface area contributed by atoms with Gasteiger partial charge in [0.15, 0.2) is 0 Å². The van der Waals surface area contributed by atoms with Gasteiger partial charge in [-0.2, -0.15) is 0 Å². The third-order valence-corrected chi connectivity index (χ3v) is 6.82.